The molecule has 2 aromatic carbocycles. The summed E-state index contributed by atoms with van der Waals surface area (Å²) in [5.41, 5.74) is 7.37. The summed E-state index contributed by atoms with van der Waals surface area (Å²) in [5, 5.41) is 0. The van der Waals surface area contributed by atoms with Crippen molar-refractivity contribution in [2.45, 2.75) is 17.4 Å². The monoisotopic (exact) mass is 339 g/mol. The van der Waals surface area contributed by atoms with E-state index in [1.807, 2.05) is 36.4 Å². The second-order valence-corrected chi connectivity index (χ2v) is 7.93. The Hall–Kier alpha value is -2.53. The van der Waals surface area contributed by atoms with E-state index in [1.165, 1.54) is 0 Å². The Morgan fingerprint density at radius 1 is 0.958 bits per heavy atom. The SMILES string of the molecule is NC1=CC2OC(c3ccccc3)=C(S(=O)(=O)c3ccccc3)C2C1. The number of sulfone groups is 1. The van der Waals surface area contributed by atoms with Crippen LogP contribution in [0, 0.1) is 5.92 Å². The maximum Gasteiger partial charge on any atom is 0.206 e. The average Bonchev–Trinajstić information content (AvgIpc) is 3.12. The second kappa shape index (κ2) is 5.53. The fourth-order valence-corrected chi connectivity index (χ4v) is 5.13. The van der Waals surface area contributed by atoms with Gasteiger partial charge in [0, 0.05) is 17.2 Å². The summed E-state index contributed by atoms with van der Waals surface area (Å²) in [6.07, 6.45) is 2.01. The van der Waals surface area contributed by atoms with Gasteiger partial charge in [-0.05, 0) is 24.6 Å². The number of hydrogen-bond acceptors (Lipinski definition) is 4. The van der Waals surface area contributed by atoms with Crippen LogP contribution in [0.15, 0.2) is 82.2 Å². The molecule has 2 aromatic rings. The zero-order chi connectivity index (χ0) is 16.7. The molecule has 24 heavy (non-hydrogen) atoms. The van der Waals surface area contributed by atoms with E-state index in [-0.39, 0.29) is 16.9 Å². The molecular formula is C19H17NO3S. The highest BCUT2D eigenvalue weighted by atomic mass is 32.2. The number of benzene rings is 2. The molecule has 2 N–H and O–H groups in total. The molecule has 0 aromatic heterocycles. The van der Waals surface area contributed by atoms with Crippen LogP contribution in [0.5, 0.6) is 0 Å². The lowest BCUT2D eigenvalue weighted by atomic mass is 10.0. The first-order chi connectivity index (χ1) is 11.6. The predicted molar refractivity (Wildman–Crippen MR) is 92.2 cm³/mol. The van der Waals surface area contributed by atoms with Crippen LogP contribution < -0.4 is 5.73 Å². The molecule has 1 heterocycles. The molecule has 4 rings (SSSR count). The minimum atomic E-state index is -3.65. The molecule has 0 saturated carbocycles. The first kappa shape index (κ1) is 15.0. The topological polar surface area (TPSA) is 69.4 Å². The number of ether oxygens (including phenoxy) is 1. The Kier molecular flexibility index (Phi) is 3.46. The van der Waals surface area contributed by atoms with Crippen LogP contribution in [0.25, 0.3) is 5.76 Å². The lowest BCUT2D eigenvalue weighted by molar-refractivity contribution is 0.207. The van der Waals surface area contributed by atoms with E-state index in [9.17, 15) is 8.42 Å². The van der Waals surface area contributed by atoms with Gasteiger partial charge in [0.2, 0.25) is 9.84 Å². The lowest BCUT2D eigenvalue weighted by Crippen LogP contribution is -2.17. The molecule has 0 radical (unpaired) electrons. The largest absolute Gasteiger partial charge is 0.484 e. The predicted octanol–water partition coefficient (Wildman–Crippen LogP) is 3.09. The molecule has 122 valence electrons. The Labute approximate surface area is 141 Å². The number of fused-ring (bicyclic) bond motifs is 1. The van der Waals surface area contributed by atoms with Gasteiger partial charge in [-0.3, -0.25) is 0 Å². The number of hydrogen-bond donors (Lipinski definition) is 1. The van der Waals surface area contributed by atoms with Crippen LogP contribution >= 0.6 is 0 Å². The molecule has 0 amide bonds. The Morgan fingerprint density at radius 2 is 1.58 bits per heavy atom. The standard InChI is InChI=1S/C19H17NO3S/c20-14-11-16-17(12-14)23-18(13-7-3-1-4-8-13)19(16)24(21,22)15-9-5-2-6-10-15/h1-10,12,16-17H,11,20H2. The van der Waals surface area contributed by atoms with Crippen LogP contribution in [0.1, 0.15) is 12.0 Å². The quantitative estimate of drug-likeness (QED) is 0.933. The lowest BCUT2D eigenvalue weighted by Gasteiger charge is -2.12. The summed E-state index contributed by atoms with van der Waals surface area (Å²) in [7, 11) is -3.65. The highest BCUT2D eigenvalue weighted by Crippen LogP contribution is 2.47. The molecule has 2 atom stereocenters. The van der Waals surface area contributed by atoms with Crippen molar-refractivity contribution in [2.75, 3.05) is 0 Å². The molecule has 0 spiro atoms. The van der Waals surface area contributed by atoms with Gasteiger partial charge in [0.15, 0.2) is 0 Å². The van der Waals surface area contributed by atoms with Gasteiger partial charge in [-0.2, -0.15) is 0 Å². The molecule has 4 nitrogen and oxygen atoms in total. The molecule has 2 aliphatic rings. The third kappa shape index (κ3) is 2.32. The summed E-state index contributed by atoms with van der Waals surface area (Å²) in [4.78, 5) is 0.616. The molecule has 5 heteroatoms. The Bertz CT molecular complexity index is 931. The van der Waals surface area contributed by atoms with Gasteiger partial charge in [0.25, 0.3) is 0 Å². The first-order valence-electron chi connectivity index (χ1n) is 7.80. The second-order valence-electron chi connectivity index (χ2n) is 6.01. The van der Waals surface area contributed by atoms with Gasteiger partial charge < -0.3 is 10.5 Å². The maximum atomic E-state index is 13.3. The molecule has 1 aliphatic carbocycles. The van der Waals surface area contributed by atoms with E-state index in [4.69, 9.17) is 10.5 Å². The smallest absolute Gasteiger partial charge is 0.206 e. The van der Waals surface area contributed by atoms with E-state index in [0.29, 0.717) is 22.8 Å². The number of nitrogens with two attached hydrogens (primary N) is 1. The molecule has 0 fully saturated rings. The number of rotatable bonds is 3. The van der Waals surface area contributed by atoms with E-state index in [2.05, 4.69) is 0 Å². The average molecular weight is 339 g/mol. The minimum absolute atomic E-state index is 0.259. The summed E-state index contributed by atoms with van der Waals surface area (Å²) in [6, 6.07) is 17.8. The fraction of sp³-hybridized carbons (Fsp3) is 0.158. The highest BCUT2D eigenvalue weighted by molar-refractivity contribution is 7.95. The van der Waals surface area contributed by atoms with E-state index in [1.54, 1.807) is 30.3 Å². The van der Waals surface area contributed by atoms with Gasteiger partial charge >= 0.3 is 0 Å². The summed E-state index contributed by atoms with van der Waals surface area (Å²) in [5.74, 6) is 0.184. The van der Waals surface area contributed by atoms with Crippen molar-refractivity contribution in [3.63, 3.8) is 0 Å². The van der Waals surface area contributed by atoms with Crippen molar-refractivity contribution >= 4 is 15.6 Å². The van der Waals surface area contributed by atoms with Crippen molar-refractivity contribution < 1.29 is 13.2 Å². The van der Waals surface area contributed by atoms with E-state index < -0.39 is 9.84 Å². The summed E-state index contributed by atoms with van der Waals surface area (Å²) < 4.78 is 32.5. The number of allylic oxidation sites excluding steroid dienone is 1. The normalized spacial score (nSPS) is 22.9. The van der Waals surface area contributed by atoms with Gasteiger partial charge in [-0.1, -0.05) is 48.5 Å². The summed E-state index contributed by atoms with van der Waals surface area (Å²) in [6.45, 7) is 0. The van der Waals surface area contributed by atoms with Crippen LogP contribution in [0.4, 0.5) is 0 Å². The van der Waals surface area contributed by atoms with Crippen molar-refractivity contribution in [3.05, 3.63) is 82.9 Å². The van der Waals surface area contributed by atoms with E-state index in [0.717, 1.165) is 5.56 Å². The van der Waals surface area contributed by atoms with Gasteiger partial charge in [0.05, 0.1) is 9.80 Å². The summed E-state index contributed by atoms with van der Waals surface area (Å²) >= 11 is 0. The molecule has 0 saturated heterocycles. The third-order valence-electron chi connectivity index (χ3n) is 4.42. The first-order valence-corrected chi connectivity index (χ1v) is 9.28. The molecule has 1 aliphatic heterocycles. The van der Waals surface area contributed by atoms with Crippen LogP contribution in [0.2, 0.25) is 0 Å². The minimum Gasteiger partial charge on any atom is -0.484 e. The Balaban J connectivity index is 1.90. The van der Waals surface area contributed by atoms with Gasteiger partial charge in [-0.25, -0.2) is 8.42 Å². The molecule has 2 unspecified atom stereocenters. The van der Waals surface area contributed by atoms with Gasteiger partial charge in [-0.15, -0.1) is 0 Å². The van der Waals surface area contributed by atoms with Crippen molar-refractivity contribution in [1.82, 2.24) is 0 Å². The van der Waals surface area contributed by atoms with Crippen molar-refractivity contribution in [3.8, 4) is 0 Å². The molecular weight excluding hydrogens is 322 g/mol. The third-order valence-corrected chi connectivity index (χ3v) is 6.38. The zero-order valence-corrected chi connectivity index (χ0v) is 13.7. The van der Waals surface area contributed by atoms with Gasteiger partial charge in [0.1, 0.15) is 11.9 Å². The Morgan fingerprint density at radius 3 is 2.25 bits per heavy atom. The molecule has 0 bridgehead atoms. The van der Waals surface area contributed by atoms with E-state index >= 15 is 0 Å². The fourth-order valence-electron chi connectivity index (χ4n) is 3.33. The zero-order valence-electron chi connectivity index (χ0n) is 12.9. The van der Waals surface area contributed by atoms with Crippen molar-refractivity contribution in [2.24, 2.45) is 11.7 Å². The van der Waals surface area contributed by atoms with Crippen molar-refractivity contribution in [1.29, 1.82) is 0 Å². The highest BCUT2D eigenvalue weighted by Gasteiger charge is 2.46. The van der Waals surface area contributed by atoms with Crippen LogP contribution in [0.3, 0.4) is 0 Å². The van der Waals surface area contributed by atoms with Crippen LogP contribution in [-0.4, -0.2) is 14.5 Å². The van der Waals surface area contributed by atoms with Crippen LogP contribution in [-0.2, 0) is 14.6 Å². The maximum absolute atomic E-state index is 13.3.